The summed E-state index contributed by atoms with van der Waals surface area (Å²) in [4.78, 5) is 0. The van der Waals surface area contributed by atoms with Crippen molar-refractivity contribution in [2.75, 3.05) is 5.73 Å². The van der Waals surface area contributed by atoms with Crippen molar-refractivity contribution in [1.82, 2.24) is 10.2 Å². The third-order valence-corrected chi connectivity index (χ3v) is 3.25. The molecule has 19 heavy (non-hydrogen) atoms. The molecule has 0 fully saturated rings. The van der Waals surface area contributed by atoms with Gasteiger partial charge in [-0.3, -0.25) is 0 Å². The van der Waals surface area contributed by atoms with Crippen molar-refractivity contribution in [2.24, 2.45) is 0 Å². The Hall–Kier alpha value is -1.56. The van der Waals surface area contributed by atoms with Gasteiger partial charge in [0, 0.05) is 0 Å². The van der Waals surface area contributed by atoms with Gasteiger partial charge in [-0.1, -0.05) is 31.9 Å². The molecule has 0 atom stereocenters. The Balaban J connectivity index is 2.09. The Kier molecular flexibility index (Phi) is 3.80. The van der Waals surface area contributed by atoms with E-state index in [9.17, 15) is 0 Å². The van der Waals surface area contributed by atoms with Crippen molar-refractivity contribution >= 4 is 21.9 Å². The van der Waals surface area contributed by atoms with Gasteiger partial charge in [0.2, 0.25) is 0 Å². The van der Waals surface area contributed by atoms with Crippen LogP contribution in [0.1, 0.15) is 32.2 Å². The number of halogens is 1. The fourth-order valence-electron chi connectivity index (χ4n) is 1.55. The number of nitrogens with zero attached hydrogens (tertiary/aromatic N) is 2. The molecular weight excluding hydrogens is 310 g/mol. The van der Waals surface area contributed by atoms with Gasteiger partial charge in [-0.2, -0.15) is 0 Å². The SMILES string of the molecule is CC(C)(C)c1ccc(OCc2nnc(N)o2)c(Br)c1. The smallest absolute Gasteiger partial charge is 0.312 e. The van der Waals surface area contributed by atoms with Crippen LogP contribution < -0.4 is 10.5 Å². The molecule has 6 heteroatoms. The summed E-state index contributed by atoms with van der Waals surface area (Å²) >= 11 is 3.50. The summed E-state index contributed by atoms with van der Waals surface area (Å²) in [5.74, 6) is 1.08. The number of nitrogens with two attached hydrogens (primary N) is 1. The molecule has 0 unspecified atom stereocenters. The predicted octanol–water partition coefficient (Wildman–Crippen LogP) is 3.29. The molecule has 0 aliphatic rings. The summed E-state index contributed by atoms with van der Waals surface area (Å²) in [7, 11) is 0. The number of hydrogen-bond donors (Lipinski definition) is 1. The highest BCUT2D eigenvalue weighted by atomic mass is 79.9. The van der Waals surface area contributed by atoms with E-state index in [4.69, 9.17) is 14.9 Å². The van der Waals surface area contributed by atoms with Gasteiger partial charge in [-0.05, 0) is 39.0 Å². The quantitative estimate of drug-likeness (QED) is 0.937. The minimum absolute atomic E-state index is 0.0424. The van der Waals surface area contributed by atoms with Gasteiger partial charge < -0.3 is 14.9 Å². The number of nitrogen functional groups attached to an aromatic ring is 1. The molecule has 0 aliphatic heterocycles. The first-order valence-corrected chi connectivity index (χ1v) is 6.66. The van der Waals surface area contributed by atoms with Crippen LogP contribution in [0.25, 0.3) is 0 Å². The molecule has 0 radical (unpaired) electrons. The monoisotopic (exact) mass is 325 g/mol. The molecule has 2 aromatic rings. The second-order valence-corrected chi connectivity index (χ2v) is 6.07. The molecule has 2 N–H and O–H groups in total. The van der Waals surface area contributed by atoms with Crippen LogP contribution in [0.2, 0.25) is 0 Å². The van der Waals surface area contributed by atoms with Crippen molar-refractivity contribution in [3.63, 3.8) is 0 Å². The van der Waals surface area contributed by atoms with Crippen molar-refractivity contribution in [3.05, 3.63) is 34.1 Å². The Labute approximate surface area is 120 Å². The van der Waals surface area contributed by atoms with E-state index in [1.807, 2.05) is 12.1 Å². The lowest BCUT2D eigenvalue weighted by Gasteiger charge is -2.20. The maximum absolute atomic E-state index is 5.61. The lowest BCUT2D eigenvalue weighted by molar-refractivity contribution is 0.263. The number of anilines is 1. The van der Waals surface area contributed by atoms with Gasteiger partial charge >= 0.3 is 6.01 Å². The lowest BCUT2D eigenvalue weighted by Crippen LogP contribution is -2.11. The molecule has 2 rings (SSSR count). The number of aromatic nitrogens is 2. The van der Waals surface area contributed by atoms with Crippen LogP contribution in [-0.4, -0.2) is 10.2 Å². The molecule has 1 heterocycles. The molecule has 0 saturated heterocycles. The minimum atomic E-state index is 0.0424. The van der Waals surface area contributed by atoms with Crippen LogP contribution in [-0.2, 0) is 12.0 Å². The Bertz CT molecular complexity index is 576. The van der Waals surface area contributed by atoms with Crippen LogP contribution in [0.5, 0.6) is 5.75 Å². The molecule has 0 spiro atoms. The van der Waals surface area contributed by atoms with Crippen molar-refractivity contribution in [1.29, 1.82) is 0 Å². The van der Waals surface area contributed by atoms with E-state index in [1.54, 1.807) is 0 Å². The highest BCUT2D eigenvalue weighted by Crippen LogP contribution is 2.31. The van der Waals surface area contributed by atoms with Gasteiger partial charge in [0.1, 0.15) is 5.75 Å². The van der Waals surface area contributed by atoms with Gasteiger partial charge in [0.15, 0.2) is 6.61 Å². The van der Waals surface area contributed by atoms with Gasteiger partial charge in [0.05, 0.1) is 4.47 Å². The normalized spacial score (nSPS) is 11.6. The first-order chi connectivity index (χ1) is 8.86. The fourth-order valence-corrected chi connectivity index (χ4v) is 2.04. The van der Waals surface area contributed by atoms with E-state index in [1.165, 1.54) is 5.56 Å². The Morgan fingerprint density at radius 1 is 1.32 bits per heavy atom. The lowest BCUT2D eigenvalue weighted by atomic mass is 9.87. The van der Waals surface area contributed by atoms with Crippen molar-refractivity contribution < 1.29 is 9.15 Å². The predicted molar refractivity (Wildman–Crippen MR) is 75.9 cm³/mol. The average molecular weight is 326 g/mol. The number of benzene rings is 1. The van der Waals surface area contributed by atoms with E-state index in [0.717, 1.165) is 10.2 Å². The Morgan fingerprint density at radius 3 is 2.58 bits per heavy atom. The van der Waals surface area contributed by atoms with E-state index < -0.39 is 0 Å². The molecule has 1 aromatic carbocycles. The summed E-state index contributed by atoms with van der Waals surface area (Å²) in [5.41, 5.74) is 6.67. The Morgan fingerprint density at radius 2 is 2.05 bits per heavy atom. The number of hydrogen-bond acceptors (Lipinski definition) is 5. The highest BCUT2D eigenvalue weighted by molar-refractivity contribution is 9.10. The van der Waals surface area contributed by atoms with Crippen LogP contribution in [0, 0.1) is 0 Å². The largest absolute Gasteiger partial charge is 0.483 e. The first kappa shape index (κ1) is 13.9. The van der Waals surface area contributed by atoms with Crippen molar-refractivity contribution in [2.45, 2.75) is 32.8 Å². The van der Waals surface area contributed by atoms with E-state index in [0.29, 0.717) is 5.89 Å². The molecule has 0 saturated carbocycles. The van der Waals surface area contributed by atoms with E-state index in [2.05, 4.69) is 53.0 Å². The van der Waals surface area contributed by atoms with E-state index in [-0.39, 0.29) is 18.0 Å². The average Bonchev–Trinajstić information content (AvgIpc) is 2.72. The van der Waals surface area contributed by atoms with Crippen LogP contribution >= 0.6 is 15.9 Å². The topological polar surface area (TPSA) is 74.2 Å². The zero-order valence-corrected chi connectivity index (χ0v) is 12.7. The number of ether oxygens (including phenoxy) is 1. The first-order valence-electron chi connectivity index (χ1n) is 5.87. The highest BCUT2D eigenvalue weighted by Gasteiger charge is 2.15. The molecule has 1 aromatic heterocycles. The minimum Gasteiger partial charge on any atom is -0.483 e. The second kappa shape index (κ2) is 5.21. The summed E-state index contributed by atoms with van der Waals surface area (Å²) in [6, 6.07) is 6.06. The number of rotatable bonds is 3. The summed E-state index contributed by atoms with van der Waals surface area (Å²) in [6.45, 7) is 6.68. The standard InChI is InChI=1S/C13H16BrN3O2/c1-13(2,3)8-4-5-10(9(14)6-8)18-7-11-16-17-12(15)19-11/h4-6H,7H2,1-3H3,(H2,15,17). The maximum atomic E-state index is 5.61. The third-order valence-electron chi connectivity index (χ3n) is 2.63. The van der Waals surface area contributed by atoms with Gasteiger partial charge in [-0.15, -0.1) is 5.10 Å². The zero-order valence-electron chi connectivity index (χ0n) is 11.1. The molecule has 0 aliphatic carbocycles. The second-order valence-electron chi connectivity index (χ2n) is 5.22. The van der Waals surface area contributed by atoms with Crippen LogP contribution in [0.15, 0.2) is 27.1 Å². The maximum Gasteiger partial charge on any atom is 0.312 e. The summed E-state index contributed by atoms with van der Waals surface area (Å²) < 4.78 is 11.5. The van der Waals surface area contributed by atoms with Crippen LogP contribution in [0.4, 0.5) is 6.01 Å². The summed E-state index contributed by atoms with van der Waals surface area (Å²) in [6.07, 6.45) is 0. The summed E-state index contributed by atoms with van der Waals surface area (Å²) in [5, 5.41) is 7.30. The zero-order chi connectivity index (χ0) is 14.0. The fraction of sp³-hybridized carbons (Fsp3) is 0.385. The van der Waals surface area contributed by atoms with Crippen molar-refractivity contribution in [3.8, 4) is 5.75 Å². The van der Waals surface area contributed by atoms with Gasteiger partial charge in [0.25, 0.3) is 5.89 Å². The van der Waals surface area contributed by atoms with Gasteiger partial charge in [-0.25, -0.2) is 0 Å². The third kappa shape index (κ3) is 3.47. The molecule has 102 valence electrons. The molecule has 5 nitrogen and oxygen atoms in total. The van der Waals surface area contributed by atoms with Crippen LogP contribution in [0.3, 0.4) is 0 Å². The molecule has 0 amide bonds. The molecule has 0 bridgehead atoms. The molecular formula is C13H16BrN3O2. The van der Waals surface area contributed by atoms with E-state index >= 15 is 0 Å².